The van der Waals surface area contributed by atoms with E-state index in [1.54, 1.807) is 0 Å². The van der Waals surface area contributed by atoms with Crippen LogP contribution in [-0.4, -0.2) is 5.78 Å². The van der Waals surface area contributed by atoms with Crippen molar-refractivity contribution in [2.75, 3.05) is 0 Å². The van der Waals surface area contributed by atoms with E-state index in [9.17, 15) is 20.1 Å². The Kier molecular flexibility index (Phi) is 13.0. The second kappa shape index (κ2) is 11.2. The van der Waals surface area contributed by atoms with Crippen LogP contribution in [0.4, 0.5) is 0 Å². The molecule has 0 spiro atoms. The van der Waals surface area contributed by atoms with Crippen molar-refractivity contribution >= 4 is 37.6 Å². The van der Waals surface area contributed by atoms with Gasteiger partial charge in [-0.25, -0.2) is 0 Å². The predicted molar refractivity (Wildman–Crippen MR) is 70.1 cm³/mol. The Bertz CT molecular complexity index is 681. The van der Waals surface area contributed by atoms with E-state index in [4.69, 9.17) is 0 Å². The van der Waals surface area contributed by atoms with Crippen LogP contribution in [0.2, 0.25) is 0 Å². The zero-order chi connectivity index (χ0) is 14.2. The molecule has 0 aromatic heterocycles. The van der Waals surface area contributed by atoms with Gasteiger partial charge in [0.25, 0.3) is 0 Å². The maximum atomic E-state index is 12.2. The summed E-state index contributed by atoms with van der Waals surface area (Å²) in [6, 6.07) is 6.12. The molecule has 0 radical (unpaired) electrons. The molecule has 0 amide bonds. The molecule has 0 aliphatic heterocycles. The Morgan fingerprint density at radius 2 is 1.32 bits per heavy atom. The van der Waals surface area contributed by atoms with Gasteiger partial charge < -0.3 is 15.3 Å². The van der Waals surface area contributed by atoms with E-state index < -0.39 is 23.0 Å². The van der Waals surface area contributed by atoms with Crippen molar-refractivity contribution in [3.8, 4) is 17.2 Å². The summed E-state index contributed by atoms with van der Waals surface area (Å²) in [5.74, 6) is -2.54. The molecule has 0 atom stereocenters. The maximum Gasteiger partial charge on any atom is 1.00 e. The zero-order valence-electron chi connectivity index (χ0n) is 12.3. The van der Waals surface area contributed by atoms with Gasteiger partial charge in [0.1, 0.15) is 0 Å². The summed E-state index contributed by atoms with van der Waals surface area (Å²) in [6.07, 6.45) is 0. The number of hydrogen-bond donors (Lipinski definition) is 0. The van der Waals surface area contributed by atoms with Crippen LogP contribution in [0.15, 0.2) is 39.3 Å². The fourth-order valence-electron chi connectivity index (χ4n) is 1.53. The number of carbonyl (C=O) groups excluding carboxylic acids is 1. The molecule has 0 N–H and O–H groups in total. The number of ketones is 1. The molecule has 9 heteroatoms. The first-order chi connectivity index (χ1) is 8.90. The largest absolute Gasteiger partial charge is 1.00 e. The van der Waals surface area contributed by atoms with Crippen LogP contribution in [0.5, 0.6) is 17.2 Å². The van der Waals surface area contributed by atoms with Crippen molar-refractivity contribution in [3.63, 3.8) is 0 Å². The molecule has 0 aliphatic carbocycles. The molecule has 0 heterocycles. The summed E-state index contributed by atoms with van der Waals surface area (Å²) >= 11 is 6.22. The smallest absolute Gasteiger partial charge is 0.873 e. The van der Waals surface area contributed by atoms with E-state index in [0.29, 0.717) is 4.47 Å². The number of hydrogen-bond acceptors (Lipinski definition) is 4. The summed E-state index contributed by atoms with van der Waals surface area (Å²) in [7, 11) is 0. The molecule has 0 saturated carbocycles. The summed E-state index contributed by atoms with van der Waals surface area (Å²) in [4.78, 5) is 12.2. The van der Waals surface area contributed by atoms with Gasteiger partial charge in [-0.1, -0.05) is 55.8 Å². The predicted octanol–water partition coefficient (Wildman–Crippen LogP) is -7.32. The molecule has 98 valence electrons. The van der Waals surface area contributed by atoms with Crippen LogP contribution >= 0.6 is 31.9 Å². The van der Waals surface area contributed by atoms with Gasteiger partial charge in [-0.2, -0.15) is 0 Å². The topological polar surface area (TPSA) is 86.2 Å². The third kappa shape index (κ3) is 6.08. The van der Waals surface area contributed by atoms with Crippen LogP contribution in [0, 0.1) is 0 Å². The molecule has 0 saturated heterocycles. The van der Waals surface area contributed by atoms with Crippen molar-refractivity contribution in [2.45, 2.75) is 0 Å². The number of halogens is 2. The molecular weight excluding hydrogens is 449 g/mol. The Morgan fingerprint density at radius 1 is 0.773 bits per heavy atom. The van der Waals surface area contributed by atoms with Gasteiger partial charge in [-0.15, -0.1) is 11.5 Å². The molecule has 0 aliphatic rings. The van der Waals surface area contributed by atoms with E-state index in [2.05, 4.69) is 31.9 Å². The first kappa shape index (κ1) is 25.7. The monoisotopic (exact) mass is 452 g/mol. The van der Waals surface area contributed by atoms with Crippen molar-refractivity contribution in [1.29, 1.82) is 0 Å². The molecule has 4 nitrogen and oxygen atoms in total. The van der Waals surface area contributed by atoms with Gasteiger partial charge in [0.15, 0.2) is 5.78 Å². The summed E-state index contributed by atoms with van der Waals surface area (Å²) in [5.41, 5.74) is -0.0621. The van der Waals surface area contributed by atoms with Gasteiger partial charge in [0.05, 0.1) is 0 Å². The van der Waals surface area contributed by atoms with Crippen LogP contribution < -0.4 is 104 Å². The molecular formula is C13H5Br2Na3O4. The van der Waals surface area contributed by atoms with Crippen molar-refractivity contribution in [2.24, 2.45) is 0 Å². The molecule has 2 aromatic carbocycles. The van der Waals surface area contributed by atoms with Crippen LogP contribution in [0.1, 0.15) is 15.9 Å². The number of carbonyl (C=O) groups is 1. The van der Waals surface area contributed by atoms with Crippen molar-refractivity contribution in [1.82, 2.24) is 0 Å². The van der Waals surface area contributed by atoms with Crippen molar-refractivity contribution in [3.05, 3.63) is 50.4 Å². The van der Waals surface area contributed by atoms with E-state index in [-0.39, 0.29) is 104 Å². The van der Waals surface area contributed by atoms with E-state index in [1.807, 2.05) is 0 Å². The van der Waals surface area contributed by atoms with Gasteiger partial charge >= 0.3 is 88.7 Å². The second-order valence-corrected chi connectivity index (χ2v) is 5.52. The van der Waals surface area contributed by atoms with Crippen LogP contribution in [0.25, 0.3) is 0 Å². The summed E-state index contributed by atoms with van der Waals surface area (Å²) in [5, 5.41) is 34.1. The Morgan fingerprint density at radius 3 is 1.91 bits per heavy atom. The minimum atomic E-state index is -0.783. The molecule has 0 unspecified atom stereocenters. The van der Waals surface area contributed by atoms with E-state index >= 15 is 0 Å². The van der Waals surface area contributed by atoms with Gasteiger partial charge in [-0.05, 0) is 12.1 Å². The summed E-state index contributed by atoms with van der Waals surface area (Å²) < 4.78 is 0.774. The molecule has 2 aromatic rings. The van der Waals surface area contributed by atoms with Crippen LogP contribution in [0.3, 0.4) is 0 Å². The molecule has 22 heavy (non-hydrogen) atoms. The standard InChI is InChI=1S/C13H8Br2O4.3Na/c14-6-1-2-10(16)8(3-6)13(19)7-4-11(17)12(18)5-9(7)15;;;/h1-5,16-18H;;;/q;3*+1/p-3. The molecule has 0 fully saturated rings. The third-order valence-electron chi connectivity index (χ3n) is 2.46. The summed E-state index contributed by atoms with van der Waals surface area (Å²) in [6.45, 7) is 0. The number of benzene rings is 2. The zero-order valence-corrected chi connectivity index (χ0v) is 21.4. The quantitative estimate of drug-likeness (QED) is 0.334. The van der Waals surface area contributed by atoms with Crippen LogP contribution in [-0.2, 0) is 0 Å². The first-order valence-electron chi connectivity index (χ1n) is 5.09. The van der Waals surface area contributed by atoms with Gasteiger partial charge in [0, 0.05) is 20.1 Å². The third-order valence-corrected chi connectivity index (χ3v) is 3.61. The Balaban J connectivity index is 0. The van der Waals surface area contributed by atoms with Gasteiger partial charge in [0.2, 0.25) is 0 Å². The Labute approximate surface area is 210 Å². The maximum absolute atomic E-state index is 12.2. The Hall–Kier alpha value is 1.47. The van der Waals surface area contributed by atoms with Gasteiger partial charge in [-0.3, -0.25) is 4.79 Å². The SMILES string of the molecule is O=C(c1cc(Br)ccc1[O-])c1cc([O-])c([O-])cc1Br.[Na+].[Na+].[Na+]. The fraction of sp³-hybridized carbons (Fsp3) is 0. The average Bonchev–Trinajstić information content (AvgIpc) is 2.36. The molecule has 2 rings (SSSR count). The minimum Gasteiger partial charge on any atom is -0.873 e. The van der Waals surface area contributed by atoms with E-state index in [1.165, 1.54) is 18.2 Å². The van der Waals surface area contributed by atoms with Crippen molar-refractivity contribution < 1.29 is 109 Å². The average molecular weight is 454 g/mol. The minimum absolute atomic E-state index is 0. The normalized spacial score (nSPS) is 9.00. The van der Waals surface area contributed by atoms with E-state index in [0.717, 1.165) is 12.1 Å². The fourth-order valence-corrected chi connectivity index (χ4v) is 2.40. The number of rotatable bonds is 2. The first-order valence-corrected chi connectivity index (χ1v) is 6.67. The molecule has 0 bridgehead atoms. The second-order valence-electron chi connectivity index (χ2n) is 3.75.